The van der Waals surface area contributed by atoms with E-state index in [4.69, 9.17) is 19.9 Å². The van der Waals surface area contributed by atoms with Crippen molar-refractivity contribution in [1.29, 1.82) is 0 Å². The number of ether oxygens (including phenoxy) is 3. The van der Waals surface area contributed by atoms with E-state index in [0.717, 1.165) is 13.0 Å². The topological polar surface area (TPSA) is 74.0 Å². The third-order valence-corrected chi connectivity index (χ3v) is 3.76. The van der Waals surface area contributed by atoms with Gasteiger partial charge in [0.25, 0.3) is 5.91 Å². The van der Waals surface area contributed by atoms with Crippen LogP contribution in [0.1, 0.15) is 16.8 Å². The molecule has 1 aromatic rings. The van der Waals surface area contributed by atoms with Crippen LogP contribution in [0.2, 0.25) is 0 Å². The summed E-state index contributed by atoms with van der Waals surface area (Å²) < 4.78 is 15.6. The molecule has 0 spiro atoms. The van der Waals surface area contributed by atoms with Crippen LogP contribution in [-0.2, 0) is 4.74 Å². The fourth-order valence-electron chi connectivity index (χ4n) is 2.64. The summed E-state index contributed by atoms with van der Waals surface area (Å²) in [6.45, 7) is 2.09. The van der Waals surface area contributed by atoms with Gasteiger partial charge in [0.05, 0.1) is 26.4 Å². The maximum atomic E-state index is 12.6. The number of methoxy groups -OCH3 is 3. The Bertz CT molecular complexity index is 519. The van der Waals surface area contributed by atoms with Crippen molar-refractivity contribution < 1.29 is 19.0 Å². The molecular formula is C15H22N2O4. The Morgan fingerprint density at radius 3 is 2.57 bits per heavy atom. The molecule has 116 valence electrons. The second-order valence-corrected chi connectivity index (χ2v) is 5.16. The highest BCUT2D eigenvalue weighted by molar-refractivity contribution is 6.00. The van der Waals surface area contributed by atoms with E-state index in [1.54, 1.807) is 24.1 Å². The number of hydrogen-bond acceptors (Lipinski definition) is 5. The molecule has 2 rings (SSSR count). The van der Waals surface area contributed by atoms with E-state index in [1.807, 2.05) is 0 Å². The molecule has 1 unspecified atom stereocenters. The Morgan fingerprint density at radius 1 is 1.29 bits per heavy atom. The van der Waals surface area contributed by atoms with Gasteiger partial charge in [0.15, 0.2) is 11.5 Å². The summed E-state index contributed by atoms with van der Waals surface area (Å²) in [6.07, 6.45) is 0.951. The number of hydrogen-bond donors (Lipinski definition) is 1. The van der Waals surface area contributed by atoms with Crippen molar-refractivity contribution in [2.45, 2.75) is 6.42 Å². The Hall–Kier alpha value is -1.95. The van der Waals surface area contributed by atoms with Gasteiger partial charge < -0.3 is 24.8 Å². The number of nitrogens with two attached hydrogens (primary N) is 1. The van der Waals surface area contributed by atoms with Crippen molar-refractivity contribution in [2.75, 3.05) is 46.8 Å². The smallest absolute Gasteiger partial charge is 0.256 e. The summed E-state index contributed by atoms with van der Waals surface area (Å²) in [5.74, 6) is 1.33. The van der Waals surface area contributed by atoms with E-state index in [0.29, 0.717) is 41.8 Å². The minimum absolute atomic E-state index is 0.0768. The largest absolute Gasteiger partial charge is 0.493 e. The second-order valence-electron chi connectivity index (χ2n) is 5.16. The molecule has 6 heteroatoms. The van der Waals surface area contributed by atoms with Crippen molar-refractivity contribution in [2.24, 2.45) is 5.92 Å². The Morgan fingerprint density at radius 2 is 1.95 bits per heavy atom. The minimum atomic E-state index is -0.0768. The fraction of sp³-hybridized carbons (Fsp3) is 0.533. The number of likely N-dealkylation sites (tertiary alicyclic amines) is 1. The van der Waals surface area contributed by atoms with Gasteiger partial charge in [0, 0.05) is 37.9 Å². The molecule has 1 heterocycles. The molecule has 0 aromatic heterocycles. The number of amides is 1. The Balaban J connectivity index is 2.20. The van der Waals surface area contributed by atoms with Crippen LogP contribution in [0.5, 0.6) is 11.5 Å². The van der Waals surface area contributed by atoms with Crippen LogP contribution in [0, 0.1) is 5.92 Å². The number of rotatable bonds is 5. The molecule has 6 nitrogen and oxygen atoms in total. The highest BCUT2D eigenvalue weighted by atomic mass is 16.5. The third-order valence-electron chi connectivity index (χ3n) is 3.76. The molecule has 21 heavy (non-hydrogen) atoms. The fourth-order valence-corrected chi connectivity index (χ4v) is 2.64. The molecule has 1 amide bonds. The highest BCUT2D eigenvalue weighted by Gasteiger charge is 2.28. The van der Waals surface area contributed by atoms with E-state index in [1.165, 1.54) is 14.2 Å². The van der Waals surface area contributed by atoms with Gasteiger partial charge in [-0.15, -0.1) is 0 Å². The van der Waals surface area contributed by atoms with Crippen LogP contribution in [0.4, 0.5) is 5.69 Å². The molecule has 1 aliphatic heterocycles. The number of nitrogen functional groups attached to an aromatic ring is 1. The number of nitrogens with zero attached hydrogens (tertiary/aromatic N) is 1. The lowest BCUT2D eigenvalue weighted by Crippen LogP contribution is -2.30. The standard InChI is InChI=1S/C15H22N2O4/c1-19-9-10-4-5-17(8-10)15(18)11-6-13(20-2)14(21-3)7-12(11)16/h6-7,10H,4-5,8-9,16H2,1-3H3. The molecule has 1 saturated heterocycles. The van der Waals surface area contributed by atoms with Gasteiger partial charge >= 0.3 is 0 Å². The third kappa shape index (κ3) is 3.21. The average molecular weight is 294 g/mol. The number of anilines is 1. The molecule has 1 atom stereocenters. The van der Waals surface area contributed by atoms with Crippen LogP contribution in [0.3, 0.4) is 0 Å². The predicted molar refractivity (Wildman–Crippen MR) is 79.8 cm³/mol. The molecule has 2 N–H and O–H groups in total. The lowest BCUT2D eigenvalue weighted by atomic mass is 10.1. The van der Waals surface area contributed by atoms with Crippen LogP contribution >= 0.6 is 0 Å². The van der Waals surface area contributed by atoms with Crippen LogP contribution in [-0.4, -0.2) is 51.8 Å². The molecule has 0 bridgehead atoms. The first-order chi connectivity index (χ1) is 10.1. The summed E-state index contributed by atoms with van der Waals surface area (Å²) in [7, 11) is 4.75. The van der Waals surface area contributed by atoms with Gasteiger partial charge in [0.2, 0.25) is 0 Å². The Kier molecular flexibility index (Phi) is 4.90. The molecule has 1 aliphatic rings. The zero-order valence-electron chi connectivity index (χ0n) is 12.7. The second kappa shape index (κ2) is 6.67. The van der Waals surface area contributed by atoms with E-state index in [-0.39, 0.29) is 5.91 Å². The minimum Gasteiger partial charge on any atom is -0.493 e. The molecule has 0 saturated carbocycles. The van der Waals surface area contributed by atoms with Gasteiger partial charge in [-0.2, -0.15) is 0 Å². The highest BCUT2D eigenvalue weighted by Crippen LogP contribution is 2.33. The molecule has 1 aromatic carbocycles. The zero-order chi connectivity index (χ0) is 15.4. The van der Waals surface area contributed by atoms with Crippen LogP contribution in [0.15, 0.2) is 12.1 Å². The monoisotopic (exact) mass is 294 g/mol. The van der Waals surface area contributed by atoms with Crippen molar-refractivity contribution in [1.82, 2.24) is 4.90 Å². The molecule has 0 aliphatic carbocycles. The first-order valence-corrected chi connectivity index (χ1v) is 6.90. The van der Waals surface area contributed by atoms with Crippen molar-refractivity contribution in [3.05, 3.63) is 17.7 Å². The van der Waals surface area contributed by atoms with Crippen molar-refractivity contribution >= 4 is 11.6 Å². The van der Waals surface area contributed by atoms with E-state index in [2.05, 4.69) is 0 Å². The number of carbonyl (C=O) groups excluding carboxylic acids is 1. The molecule has 0 radical (unpaired) electrons. The van der Waals surface area contributed by atoms with Crippen molar-refractivity contribution in [3.8, 4) is 11.5 Å². The lowest BCUT2D eigenvalue weighted by molar-refractivity contribution is 0.0776. The number of carbonyl (C=O) groups is 1. The van der Waals surface area contributed by atoms with Gasteiger partial charge in [-0.05, 0) is 12.5 Å². The Labute approximate surface area is 124 Å². The van der Waals surface area contributed by atoms with Crippen LogP contribution in [0.25, 0.3) is 0 Å². The first kappa shape index (κ1) is 15.4. The van der Waals surface area contributed by atoms with Gasteiger partial charge in [-0.25, -0.2) is 0 Å². The summed E-state index contributed by atoms with van der Waals surface area (Å²) in [6, 6.07) is 3.26. The summed E-state index contributed by atoms with van der Waals surface area (Å²) in [5, 5.41) is 0. The maximum Gasteiger partial charge on any atom is 0.256 e. The lowest BCUT2D eigenvalue weighted by Gasteiger charge is -2.19. The quantitative estimate of drug-likeness (QED) is 0.831. The zero-order valence-corrected chi connectivity index (χ0v) is 12.7. The van der Waals surface area contributed by atoms with Gasteiger partial charge in [-0.1, -0.05) is 0 Å². The SMILES string of the molecule is COCC1CCN(C(=O)c2cc(OC)c(OC)cc2N)C1. The summed E-state index contributed by atoms with van der Waals surface area (Å²) in [4.78, 5) is 14.4. The predicted octanol–water partition coefficient (Wildman–Crippen LogP) is 1.39. The van der Waals surface area contributed by atoms with Gasteiger partial charge in [-0.3, -0.25) is 4.79 Å². The summed E-state index contributed by atoms with van der Waals surface area (Å²) in [5.41, 5.74) is 6.82. The normalized spacial score (nSPS) is 17.9. The van der Waals surface area contributed by atoms with Gasteiger partial charge in [0.1, 0.15) is 0 Å². The average Bonchev–Trinajstić information content (AvgIpc) is 2.95. The molecule has 1 fully saturated rings. The molecular weight excluding hydrogens is 272 g/mol. The van der Waals surface area contributed by atoms with E-state index < -0.39 is 0 Å². The first-order valence-electron chi connectivity index (χ1n) is 6.90. The van der Waals surface area contributed by atoms with E-state index in [9.17, 15) is 4.79 Å². The summed E-state index contributed by atoms with van der Waals surface area (Å²) >= 11 is 0. The van der Waals surface area contributed by atoms with Crippen molar-refractivity contribution in [3.63, 3.8) is 0 Å². The van der Waals surface area contributed by atoms with Crippen LogP contribution < -0.4 is 15.2 Å². The van der Waals surface area contributed by atoms with E-state index >= 15 is 0 Å². The number of benzene rings is 1. The maximum absolute atomic E-state index is 12.6.